The van der Waals surface area contributed by atoms with E-state index in [4.69, 9.17) is 0 Å². The monoisotopic (exact) mass is 430 g/mol. The lowest BCUT2D eigenvalue weighted by molar-refractivity contribution is -0.119. The Balaban J connectivity index is 1.59. The molecule has 1 fully saturated rings. The zero-order chi connectivity index (χ0) is 20.6. The molecule has 1 saturated heterocycles. The first-order chi connectivity index (χ1) is 13.9. The molecule has 10 heteroatoms. The molecule has 1 amide bonds. The molecule has 0 bridgehead atoms. The van der Waals surface area contributed by atoms with Crippen LogP contribution < -0.4 is 5.32 Å². The Morgan fingerprint density at radius 1 is 1.14 bits per heavy atom. The van der Waals surface area contributed by atoms with Crippen molar-refractivity contribution in [3.05, 3.63) is 48.0 Å². The standard InChI is InChI=1S/C19H18N4O4S2/c1-12(24)13-7-9-14(10-8-13)20-19(25)16-5-3-11-23(16)29(26,27)17-6-2-4-15-18(17)22-28-21-15/h2,4,6-10,16H,3,5,11H2,1H3,(H,20,25)/t16-/m0/s1. The number of nitrogens with one attached hydrogen (secondary N) is 1. The number of carbonyl (C=O) groups is 2. The van der Waals surface area contributed by atoms with Gasteiger partial charge in [0.2, 0.25) is 15.9 Å². The van der Waals surface area contributed by atoms with Crippen LogP contribution in [0.3, 0.4) is 0 Å². The Bertz CT molecular complexity index is 1190. The second-order valence-electron chi connectivity index (χ2n) is 6.78. The summed E-state index contributed by atoms with van der Waals surface area (Å²) in [5, 5.41) is 2.75. The van der Waals surface area contributed by atoms with Crippen LogP contribution in [-0.4, -0.2) is 45.7 Å². The number of hydrogen-bond donors (Lipinski definition) is 1. The highest BCUT2D eigenvalue weighted by molar-refractivity contribution is 7.89. The second kappa shape index (κ2) is 7.62. The van der Waals surface area contributed by atoms with Gasteiger partial charge in [-0.05, 0) is 56.2 Å². The van der Waals surface area contributed by atoms with Gasteiger partial charge in [0, 0.05) is 17.8 Å². The van der Waals surface area contributed by atoms with Crippen LogP contribution in [0, 0.1) is 0 Å². The molecular formula is C19H18N4O4S2. The van der Waals surface area contributed by atoms with Gasteiger partial charge in [0.25, 0.3) is 0 Å². The number of aromatic nitrogens is 2. The summed E-state index contributed by atoms with van der Waals surface area (Å²) in [6, 6.07) is 10.5. The molecule has 2 heterocycles. The minimum Gasteiger partial charge on any atom is -0.325 e. The van der Waals surface area contributed by atoms with E-state index >= 15 is 0 Å². The Labute approximate surface area is 171 Å². The van der Waals surface area contributed by atoms with Crippen molar-refractivity contribution in [1.82, 2.24) is 13.1 Å². The summed E-state index contributed by atoms with van der Waals surface area (Å²) < 4.78 is 36.0. The van der Waals surface area contributed by atoms with Crippen molar-refractivity contribution in [2.75, 3.05) is 11.9 Å². The third kappa shape index (κ3) is 3.66. The Morgan fingerprint density at radius 2 is 1.90 bits per heavy atom. The number of amides is 1. The fourth-order valence-electron chi connectivity index (χ4n) is 3.42. The molecule has 1 aliphatic rings. The third-order valence-electron chi connectivity index (χ3n) is 4.90. The van der Waals surface area contributed by atoms with Crippen LogP contribution in [0.25, 0.3) is 11.0 Å². The molecule has 8 nitrogen and oxygen atoms in total. The van der Waals surface area contributed by atoms with Crippen molar-refractivity contribution >= 4 is 50.2 Å². The van der Waals surface area contributed by atoms with Crippen LogP contribution in [0.5, 0.6) is 0 Å². The minimum absolute atomic E-state index is 0.0641. The van der Waals surface area contributed by atoms with Crippen LogP contribution in [0.1, 0.15) is 30.1 Å². The van der Waals surface area contributed by atoms with E-state index in [0.29, 0.717) is 35.1 Å². The molecule has 150 valence electrons. The summed E-state index contributed by atoms with van der Waals surface area (Å²) in [5.74, 6) is -0.466. The van der Waals surface area contributed by atoms with Gasteiger partial charge in [-0.25, -0.2) is 8.42 Å². The molecule has 1 atom stereocenters. The summed E-state index contributed by atoms with van der Waals surface area (Å²) in [6.07, 6.45) is 1.02. The Kier molecular flexibility index (Phi) is 5.15. The van der Waals surface area contributed by atoms with E-state index in [2.05, 4.69) is 14.1 Å². The van der Waals surface area contributed by atoms with Crippen molar-refractivity contribution < 1.29 is 18.0 Å². The van der Waals surface area contributed by atoms with Gasteiger partial charge < -0.3 is 5.32 Å². The Hall–Kier alpha value is -2.69. The molecule has 4 rings (SSSR count). The molecule has 0 radical (unpaired) electrons. The molecule has 0 saturated carbocycles. The first kappa shape index (κ1) is 19.6. The molecule has 0 spiro atoms. The normalized spacial score (nSPS) is 17.5. The van der Waals surface area contributed by atoms with Crippen LogP contribution in [0.15, 0.2) is 47.4 Å². The topological polar surface area (TPSA) is 109 Å². The minimum atomic E-state index is -3.91. The summed E-state index contributed by atoms with van der Waals surface area (Å²) in [6.45, 7) is 1.73. The highest BCUT2D eigenvalue weighted by Gasteiger charge is 2.40. The van der Waals surface area contributed by atoms with E-state index in [0.717, 1.165) is 11.7 Å². The average molecular weight is 431 g/mol. The van der Waals surface area contributed by atoms with Crippen molar-refractivity contribution in [3.63, 3.8) is 0 Å². The fraction of sp³-hybridized carbons (Fsp3) is 0.263. The third-order valence-corrected chi connectivity index (χ3v) is 7.38. The van der Waals surface area contributed by atoms with Gasteiger partial charge in [-0.3, -0.25) is 9.59 Å². The number of Topliss-reactive ketones (excluding diaryl/α,β-unsaturated/α-hetero) is 1. The second-order valence-corrected chi connectivity index (χ2v) is 9.17. The molecular weight excluding hydrogens is 412 g/mol. The lowest BCUT2D eigenvalue weighted by atomic mass is 10.1. The van der Waals surface area contributed by atoms with Gasteiger partial charge in [-0.15, -0.1) is 0 Å². The summed E-state index contributed by atoms with van der Waals surface area (Å²) in [5.41, 5.74) is 1.89. The molecule has 29 heavy (non-hydrogen) atoms. The predicted octanol–water partition coefficient (Wildman–Crippen LogP) is 2.69. The first-order valence-electron chi connectivity index (χ1n) is 9.03. The van der Waals surface area contributed by atoms with Gasteiger partial charge in [-0.2, -0.15) is 13.1 Å². The van der Waals surface area contributed by atoms with Crippen LogP contribution in [-0.2, 0) is 14.8 Å². The van der Waals surface area contributed by atoms with Gasteiger partial charge in [0.05, 0.1) is 11.7 Å². The number of rotatable bonds is 5. The summed E-state index contributed by atoms with van der Waals surface area (Å²) in [4.78, 5) is 24.3. The molecule has 1 N–H and O–H groups in total. The fourth-order valence-corrected chi connectivity index (χ4v) is 5.83. The van der Waals surface area contributed by atoms with E-state index in [9.17, 15) is 18.0 Å². The smallest absolute Gasteiger partial charge is 0.246 e. The SMILES string of the molecule is CC(=O)c1ccc(NC(=O)[C@@H]2CCCN2S(=O)(=O)c2cccc3nsnc23)cc1. The van der Waals surface area contributed by atoms with Crippen molar-refractivity contribution in [3.8, 4) is 0 Å². The van der Waals surface area contributed by atoms with Crippen LogP contribution in [0.2, 0.25) is 0 Å². The van der Waals surface area contributed by atoms with E-state index < -0.39 is 22.0 Å². The lowest BCUT2D eigenvalue weighted by Gasteiger charge is -2.23. The van der Waals surface area contributed by atoms with Gasteiger partial charge in [0.15, 0.2) is 5.78 Å². The highest BCUT2D eigenvalue weighted by Crippen LogP contribution is 2.30. The van der Waals surface area contributed by atoms with E-state index in [1.165, 1.54) is 17.3 Å². The number of anilines is 1. The van der Waals surface area contributed by atoms with Crippen molar-refractivity contribution in [1.29, 1.82) is 0 Å². The predicted molar refractivity (Wildman–Crippen MR) is 109 cm³/mol. The van der Waals surface area contributed by atoms with Gasteiger partial charge in [0.1, 0.15) is 22.0 Å². The molecule has 0 unspecified atom stereocenters. The van der Waals surface area contributed by atoms with Crippen LogP contribution >= 0.6 is 11.7 Å². The highest BCUT2D eigenvalue weighted by atomic mass is 32.2. The maximum Gasteiger partial charge on any atom is 0.246 e. The first-order valence-corrected chi connectivity index (χ1v) is 11.2. The molecule has 0 aliphatic carbocycles. The van der Waals surface area contributed by atoms with E-state index in [1.54, 1.807) is 36.4 Å². The van der Waals surface area contributed by atoms with Crippen molar-refractivity contribution in [2.24, 2.45) is 0 Å². The maximum absolute atomic E-state index is 13.3. The lowest BCUT2D eigenvalue weighted by Crippen LogP contribution is -2.43. The molecule has 1 aromatic heterocycles. The molecule has 1 aliphatic heterocycles. The Morgan fingerprint density at radius 3 is 2.62 bits per heavy atom. The van der Waals surface area contributed by atoms with E-state index in [1.807, 2.05) is 0 Å². The quantitative estimate of drug-likeness (QED) is 0.623. The van der Waals surface area contributed by atoms with Crippen molar-refractivity contribution in [2.45, 2.75) is 30.7 Å². The number of hydrogen-bond acceptors (Lipinski definition) is 7. The van der Waals surface area contributed by atoms with E-state index in [-0.39, 0.29) is 17.2 Å². The zero-order valence-electron chi connectivity index (χ0n) is 15.5. The number of nitrogens with zero attached hydrogens (tertiary/aromatic N) is 3. The number of fused-ring (bicyclic) bond motifs is 1. The zero-order valence-corrected chi connectivity index (χ0v) is 17.2. The number of ketones is 1. The van der Waals surface area contributed by atoms with Crippen LogP contribution in [0.4, 0.5) is 5.69 Å². The molecule has 2 aromatic carbocycles. The van der Waals surface area contributed by atoms with Gasteiger partial charge in [-0.1, -0.05) is 6.07 Å². The maximum atomic E-state index is 13.3. The van der Waals surface area contributed by atoms with Gasteiger partial charge >= 0.3 is 0 Å². The number of sulfonamides is 1. The number of benzene rings is 2. The summed E-state index contributed by atoms with van der Waals surface area (Å²) in [7, 11) is -3.91. The molecule has 3 aromatic rings. The number of carbonyl (C=O) groups excluding carboxylic acids is 2. The average Bonchev–Trinajstić information content (AvgIpc) is 3.37. The largest absolute Gasteiger partial charge is 0.325 e. The summed E-state index contributed by atoms with van der Waals surface area (Å²) >= 11 is 0.951.